The lowest BCUT2D eigenvalue weighted by atomic mass is 9.74. The topological polar surface area (TPSA) is 60.7 Å². The summed E-state index contributed by atoms with van der Waals surface area (Å²) >= 11 is 0. The number of hydrogen-bond donors (Lipinski definition) is 3. The second-order valence-electron chi connectivity index (χ2n) is 11.0. The van der Waals surface area contributed by atoms with Crippen LogP contribution in [-0.4, -0.2) is 20.9 Å². The third kappa shape index (κ3) is 7.20. The first-order chi connectivity index (χ1) is 13.3. The smallest absolute Gasteiger partial charge is 0.123 e. The van der Waals surface area contributed by atoms with Crippen molar-refractivity contribution in [1.29, 1.82) is 0 Å². The number of aromatic hydroxyl groups is 2. The third-order valence-corrected chi connectivity index (χ3v) is 5.94. The van der Waals surface area contributed by atoms with Crippen LogP contribution in [0.25, 0.3) is 0 Å². The van der Waals surface area contributed by atoms with Crippen LogP contribution in [0, 0.1) is 0 Å². The van der Waals surface area contributed by atoms with Crippen molar-refractivity contribution in [3.05, 3.63) is 22.8 Å². The third-order valence-electron chi connectivity index (χ3n) is 5.94. The predicted molar refractivity (Wildman–Crippen MR) is 124 cm³/mol. The summed E-state index contributed by atoms with van der Waals surface area (Å²) in [5.41, 5.74) is 0.761. The molecular weight excluding hydrogens is 360 g/mol. The first kappa shape index (κ1) is 25.8. The minimum absolute atomic E-state index is 0.196. The molecule has 0 spiro atoms. The maximum atomic E-state index is 11.6. The van der Waals surface area contributed by atoms with Crippen molar-refractivity contribution >= 4 is 0 Å². The van der Waals surface area contributed by atoms with Gasteiger partial charge in [-0.1, -0.05) is 93.9 Å². The van der Waals surface area contributed by atoms with Crippen LogP contribution in [0.15, 0.2) is 6.07 Å². The van der Waals surface area contributed by atoms with Crippen molar-refractivity contribution in [3.63, 3.8) is 0 Å². The highest BCUT2D eigenvalue weighted by Crippen LogP contribution is 2.46. The lowest BCUT2D eigenvalue weighted by Gasteiger charge is -2.34. The molecule has 1 aromatic carbocycles. The number of rotatable bonds is 10. The van der Waals surface area contributed by atoms with Crippen molar-refractivity contribution in [2.24, 2.45) is 0 Å². The van der Waals surface area contributed by atoms with Crippen LogP contribution in [0.1, 0.15) is 123 Å². The Kier molecular flexibility index (Phi) is 9.08. The van der Waals surface area contributed by atoms with Crippen LogP contribution in [-0.2, 0) is 17.3 Å². The quantitative estimate of drug-likeness (QED) is 0.286. The summed E-state index contributed by atoms with van der Waals surface area (Å²) in [4.78, 5) is 0. The molecule has 3 heteroatoms. The molecular formula is C26H46O3. The molecule has 0 aliphatic heterocycles. The fourth-order valence-corrected chi connectivity index (χ4v) is 4.30. The summed E-state index contributed by atoms with van der Waals surface area (Å²) in [6.45, 7) is 16.6. The molecule has 0 radical (unpaired) electrons. The minimum Gasteiger partial charge on any atom is -0.508 e. The van der Waals surface area contributed by atoms with Crippen molar-refractivity contribution in [2.75, 3.05) is 0 Å². The van der Waals surface area contributed by atoms with Crippen molar-refractivity contribution in [1.82, 2.24) is 0 Å². The summed E-state index contributed by atoms with van der Waals surface area (Å²) in [6.07, 6.45) is 8.25. The molecule has 0 saturated heterocycles. The summed E-state index contributed by atoms with van der Waals surface area (Å²) in [7, 11) is 0. The van der Waals surface area contributed by atoms with E-state index < -0.39 is 5.60 Å². The van der Waals surface area contributed by atoms with Crippen LogP contribution in [0.4, 0.5) is 0 Å². The van der Waals surface area contributed by atoms with Gasteiger partial charge in [-0.2, -0.15) is 0 Å². The van der Waals surface area contributed by atoms with Gasteiger partial charge in [0.05, 0.1) is 5.60 Å². The molecule has 0 heterocycles. The molecule has 0 aromatic heterocycles. The van der Waals surface area contributed by atoms with Crippen LogP contribution in [0.5, 0.6) is 11.5 Å². The number of benzene rings is 1. The van der Waals surface area contributed by atoms with E-state index in [1.807, 2.05) is 20.8 Å². The van der Waals surface area contributed by atoms with Crippen LogP contribution < -0.4 is 0 Å². The molecule has 168 valence electrons. The normalized spacial score (nSPS) is 13.1. The highest BCUT2D eigenvalue weighted by molar-refractivity contribution is 5.57. The fraction of sp³-hybridized carbons (Fsp3) is 0.769. The van der Waals surface area contributed by atoms with Gasteiger partial charge in [-0.25, -0.2) is 0 Å². The second-order valence-corrected chi connectivity index (χ2v) is 11.0. The SMILES string of the molecule is CCCCCC(O)(CCCCC)Cc1c(O)cc(C(C)(C)C)c(O)c1C(C)(C)C. The summed E-state index contributed by atoms with van der Waals surface area (Å²) in [6, 6.07) is 1.71. The summed E-state index contributed by atoms with van der Waals surface area (Å²) in [5.74, 6) is 0.462. The monoisotopic (exact) mass is 406 g/mol. The van der Waals surface area contributed by atoms with Gasteiger partial charge in [0.1, 0.15) is 11.5 Å². The van der Waals surface area contributed by atoms with Crippen LogP contribution in [0.2, 0.25) is 0 Å². The molecule has 3 nitrogen and oxygen atoms in total. The highest BCUT2D eigenvalue weighted by Gasteiger charge is 2.35. The zero-order chi connectivity index (χ0) is 22.5. The number of hydrogen-bond acceptors (Lipinski definition) is 3. The Morgan fingerprint density at radius 2 is 1.24 bits per heavy atom. The zero-order valence-electron chi connectivity index (χ0n) is 20.3. The van der Waals surface area contributed by atoms with Gasteiger partial charge in [0, 0.05) is 23.1 Å². The molecule has 0 fully saturated rings. The van der Waals surface area contributed by atoms with E-state index in [1.165, 1.54) is 0 Å². The average Bonchev–Trinajstić information content (AvgIpc) is 2.56. The van der Waals surface area contributed by atoms with E-state index in [9.17, 15) is 15.3 Å². The number of phenols is 2. The Labute approximate surface area is 179 Å². The Morgan fingerprint density at radius 3 is 1.62 bits per heavy atom. The van der Waals surface area contributed by atoms with Crippen molar-refractivity contribution in [2.45, 2.75) is 130 Å². The van der Waals surface area contributed by atoms with Crippen molar-refractivity contribution < 1.29 is 15.3 Å². The van der Waals surface area contributed by atoms with Gasteiger partial charge in [-0.15, -0.1) is 0 Å². The Morgan fingerprint density at radius 1 is 0.759 bits per heavy atom. The maximum absolute atomic E-state index is 11.6. The zero-order valence-corrected chi connectivity index (χ0v) is 20.3. The number of phenolic OH excluding ortho intramolecular Hbond substituents is 2. The number of unbranched alkanes of at least 4 members (excludes halogenated alkanes) is 4. The Hall–Kier alpha value is -1.22. The van der Waals surface area contributed by atoms with E-state index in [2.05, 4.69) is 34.6 Å². The first-order valence-corrected chi connectivity index (χ1v) is 11.6. The second kappa shape index (κ2) is 10.2. The lowest BCUT2D eigenvalue weighted by molar-refractivity contribution is 0.0173. The standard InChI is InChI=1S/C26H46O3/c1-9-11-13-15-26(29,16-14-12-10-2)18-19-21(27)17-20(24(3,4)5)23(28)22(19)25(6,7)8/h17,27-29H,9-16,18H2,1-8H3. The average molecular weight is 407 g/mol. The van der Waals surface area contributed by atoms with E-state index in [4.69, 9.17) is 0 Å². The molecule has 0 atom stereocenters. The molecule has 0 aliphatic carbocycles. The molecule has 0 aliphatic rings. The summed E-state index contributed by atoms with van der Waals surface area (Å²) in [5, 5.41) is 33.8. The first-order valence-electron chi connectivity index (χ1n) is 11.6. The molecule has 3 N–H and O–H groups in total. The van der Waals surface area contributed by atoms with Crippen LogP contribution in [0.3, 0.4) is 0 Å². The molecule has 0 amide bonds. The minimum atomic E-state index is -0.850. The molecule has 1 rings (SSSR count). The van der Waals surface area contributed by atoms with Gasteiger partial charge >= 0.3 is 0 Å². The lowest BCUT2D eigenvalue weighted by Crippen LogP contribution is -2.33. The van der Waals surface area contributed by atoms with Gasteiger partial charge in [-0.05, 0) is 29.7 Å². The van der Waals surface area contributed by atoms with Gasteiger partial charge in [-0.3, -0.25) is 0 Å². The Balaban J connectivity index is 3.46. The highest BCUT2D eigenvalue weighted by atomic mass is 16.3. The molecule has 0 saturated carbocycles. The van der Waals surface area contributed by atoms with Crippen molar-refractivity contribution in [3.8, 4) is 11.5 Å². The number of aliphatic hydroxyl groups is 1. The van der Waals surface area contributed by atoms with Gasteiger partial charge < -0.3 is 15.3 Å². The Bertz CT molecular complexity index is 637. The van der Waals surface area contributed by atoms with E-state index in [0.29, 0.717) is 12.0 Å². The summed E-state index contributed by atoms with van der Waals surface area (Å²) < 4.78 is 0. The van der Waals surface area contributed by atoms with Gasteiger partial charge in [0.15, 0.2) is 0 Å². The predicted octanol–water partition coefficient (Wildman–Crippen LogP) is 7.13. The van der Waals surface area contributed by atoms with E-state index in [1.54, 1.807) is 6.07 Å². The van der Waals surface area contributed by atoms with E-state index in [0.717, 1.165) is 62.5 Å². The van der Waals surface area contributed by atoms with Crippen LogP contribution >= 0.6 is 0 Å². The van der Waals surface area contributed by atoms with E-state index in [-0.39, 0.29) is 22.3 Å². The maximum Gasteiger partial charge on any atom is 0.123 e. The van der Waals surface area contributed by atoms with Gasteiger partial charge in [0.2, 0.25) is 0 Å². The van der Waals surface area contributed by atoms with E-state index >= 15 is 0 Å². The molecule has 0 unspecified atom stereocenters. The molecule has 1 aromatic rings. The fourth-order valence-electron chi connectivity index (χ4n) is 4.30. The van der Waals surface area contributed by atoms with Gasteiger partial charge in [0.25, 0.3) is 0 Å². The largest absolute Gasteiger partial charge is 0.508 e. The molecule has 0 bridgehead atoms. The molecule has 29 heavy (non-hydrogen) atoms.